The summed E-state index contributed by atoms with van der Waals surface area (Å²) in [7, 11) is 0. The molecule has 0 aromatic heterocycles. The number of hydrogen-bond acceptors (Lipinski definition) is 1. The average Bonchev–Trinajstić information content (AvgIpc) is 2.51. The van der Waals surface area contributed by atoms with Gasteiger partial charge in [-0.2, -0.15) is 0 Å². The summed E-state index contributed by atoms with van der Waals surface area (Å²) in [6, 6.07) is 0. The molecule has 0 amide bonds. The van der Waals surface area contributed by atoms with Gasteiger partial charge in [0.25, 0.3) is 0 Å². The molecule has 0 aliphatic carbocycles. The standard InChI is InChI=1S/C20H38O/c1-7-11-13-15-19(17(5)9-3)21-20(18(6)10-4)16-14-12-8-2/h9-10,17-20H,3-4,7-8,11-16H2,1-2,5-6H3. The first kappa shape index (κ1) is 20.4. The van der Waals surface area contributed by atoms with Gasteiger partial charge in [0.05, 0.1) is 12.2 Å². The molecule has 0 aromatic carbocycles. The molecule has 0 rings (SSSR count). The summed E-state index contributed by atoms with van der Waals surface area (Å²) in [5.41, 5.74) is 0. The quantitative estimate of drug-likeness (QED) is 0.261. The Morgan fingerprint density at radius 3 is 1.43 bits per heavy atom. The zero-order valence-electron chi connectivity index (χ0n) is 14.9. The molecule has 0 radical (unpaired) electrons. The third-order valence-corrected chi connectivity index (χ3v) is 4.45. The van der Waals surface area contributed by atoms with E-state index in [1.54, 1.807) is 0 Å². The van der Waals surface area contributed by atoms with Crippen LogP contribution in [0.3, 0.4) is 0 Å². The highest BCUT2D eigenvalue weighted by Gasteiger charge is 2.23. The molecule has 0 saturated heterocycles. The lowest BCUT2D eigenvalue weighted by atomic mass is 9.95. The lowest BCUT2D eigenvalue weighted by Gasteiger charge is -2.30. The predicted molar refractivity (Wildman–Crippen MR) is 95.7 cm³/mol. The SMILES string of the molecule is C=CC(C)C(CCCCC)OC(CCCCC)C(C)C=C. The van der Waals surface area contributed by atoms with E-state index >= 15 is 0 Å². The molecular weight excluding hydrogens is 256 g/mol. The first-order valence-electron chi connectivity index (χ1n) is 9.01. The maximum atomic E-state index is 6.51. The van der Waals surface area contributed by atoms with Gasteiger partial charge in [-0.3, -0.25) is 0 Å². The van der Waals surface area contributed by atoms with E-state index in [1.165, 1.54) is 38.5 Å². The summed E-state index contributed by atoms with van der Waals surface area (Å²) in [4.78, 5) is 0. The summed E-state index contributed by atoms with van der Waals surface area (Å²) in [5, 5.41) is 0. The molecule has 0 aliphatic rings. The molecule has 0 saturated carbocycles. The molecule has 4 unspecified atom stereocenters. The van der Waals surface area contributed by atoms with Gasteiger partial charge in [-0.1, -0.05) is 78.4 Å². The van der Waals surface area contributed by atoms with Crippen LogP contribution in [0.15, 0.2) is 25.3 Å². The lowest BCUT2D eigenvalue weighted by Crippen LogP contribution is -2.30. The van der Waals surface area contributed by atoms with Crippen molar-refractivity contribution in [2.45, 2.75) is 91.3 Å². The van der Waals surface area contributed by atoms with Crippen LogP contribution in [0.2, 0.25) is 0 Å². The summed E-state index contributed by atoms with van der Waals surface area (Å²) < 4.78 is 6.51. The minimum absolute atomic E-state index is 0.308. The third-order valence-electron chi connectivity index (χ3n) is 4.45. The maximum Gasteiger partial charge on any atom is 0.0638 e. The van der Waals surface area contributed by atoms with Crippen LogP contribution in [-0.4, -0.2) is 12.2 Å². The van der Waals surface area contributed by atoms with Crippen LogP contribution in [0.25, 0.3) is 0 Å². The monoisotopic (exact) mass is 294 g/mol. The van der Waals surface area contributed by atoms with Crippen molar-refractivity contribution in [3.05, 3.63) is 25.3 Å². The van der Waals surface area contributed by atoms with Gasteiger partial charge in [0, 0.05) is 0 Å². The highest BCUT2D eigenvalue weighted by atomic mass is 16.5. The fourth-order valence-corrected chi connectivity index (χ4v) is 2.63. The van der Waals surface area contributed by atoms with Gasteiger partial charge in [-0.05, 0) is 24.7 Å². The highest BCUT2D eigenvalue weighted by Crippen LogP contribution is 2.24. The summed E-state index contributed by atoms with van der Waals surface area (Å²) in [6.07, 6.45) is 14.6. The first-order valence-corrected chi connectivity index (χ1v) is 9.01. The molecule has 124 valence electrons. The molecule has 0 bridgehead atoms. The van der Waals surface area contributed by atoms with Crippen LogP contribution in [-0.2, 0) is 4.74 Å². The molecule has 0 fully saturated rings. The second-order valence-electron chi connectivity index (χ2n) is 6.39. The minimum Gasteiger partial charge on any atom is -0.374 e. The second kappa shape index (κ2) is 13.1. The molecule has 0 spiro atoms. The Morgan fingerprint density at radius 2 is 1.14 bits per heavy atom. The Bertz CT molecular complexity index is 233. The lowest BCUT2D eigenvalue weighted by molar-refractivity contribution is -0.0551. The molecule has 4 atom stereocenters. The van der Waals surface area contributed by atoms with E-state index in [9.17, 15) is 0 Å². The zero-order valence-corrected chi connectivity index (χ0v) is 14.9. The average molecular weight is 295 g/mol. The molecule has 0 aliphatic heterocycles. The van der Waals surface area contributed by atoms with Crippen molar-refractivity contribution < 1.29 is 4.74 Å². The minimum atomic E-state index is 0.308. The fourth-order valence-electron chi connectivity index (χ4n) is 2.63. The van der Waals surface area contributed by atoms with Crippen LogP contribution >= 0.6 is 0 Å². The summed E-state index contributed by atoms with van der Waals surface area (Å²) in [5.74, 6) is 0.847. The van der Waals surface area contributed by atoms with Gasteiger partial charge in [0.2, 0.25) is 0 Å². The highest BCUT2D eigenvalue weighted by molar-refractivity contribution is 4.87. The second-order valence-corrected chi connectivity index (χ2v) is 6.39. The van der Waals surface area contributed by atoms with E-state index in [-0.39, 0.29) is 0 Å². The Balaban J connectivity index is 4.59. The summed E-state index contributed by atoms with van der Waals surface area (Å²) in [6.45, 7) is 16.9. The van der Waals surface area contributed by atoms with Crippen molar-refractivity contribution in [1.82, 2.24) is 0 Å². The van der Waals surface area contributed by atoms with E-state index in [2.05, 4.69) is 40.9 Å². The number of hydrogen-bond donors (Lipinski definition) is 0. The van der Waals surface area contributed by atoms with Crippen molar-refractivity contribution in [2.75, 3.05) is 0 Å². The Morgan fingerprint density at radius 1 is 0.762 bits per heavy atom. The molecule has 1 nitrogen and oxygen atoms in total. The van der Waals surface area contributed by atoms with Crippen molar-refractivity contribution in [3.8, 4) is 0 Å². The van der Waals surface area contributed by atoms with Gasteiger partial charge in [-0.15, -0.1) is 13.2 Å². The normalized spacial score (nSPS) is 17.0. The Labute approximate surface area is 133 Å². The van der Waals surface area contributed by atoms with Crippen LogP contribution in [0.5, 0.6) is 0 Å². The fraction of sp³-hybridized carbons (Fsp3) is 0.800. The predicted octanol–water partition coefficient (Wildman–Crippen LogP) is 6.55. The van der Waals surface area contributed by atoms with E-state index < -0.39 is 0 Å². The number of rotatable bonds is 14. The topological polar surface area (TPSA) is 9.23 Å². The van der Waals surface area contributed by atoms with Crippen LogP contribution in [0.4, 0.5) is 0 Å². The zero-order chi connectivity index (χ0) is 16.1. The van der Waals surface area contributed by atoms with E-state index in [0.717, 1.165) is 12.8 Å². The Hall–Kier alpha value is -0.560. The molecule has 0 aromatic rings. The summed E-state index contributed by atoms with van der Waals surface area (Å²) >= 11 is 0. The van der Waals surface area contributed by atoms with Gasteiger partial charge in [0.15, 0.2) is 0 Å². The smallest absolute Gasteiger partial charge is 0.0638 e. The number of unbranched alkanes of at least 4 members (excludes halogenated alkanes) is 4. The number of ether oxygens (including phenoxy) is 1. The molecule has 21 heavy (non-hydrogen) atoms. The Kier molecular flexibility index (Phi) is 12.8. The van der Waals surface area contributed by atoms with Crippen molar-refractivity contribution in [1.29, 1.82) is 0 Å². The van der Waals surface area contributed by atoms with Crippen molar-refractivity contribution in [3.63, 3.8) is 0 Å². The third kappa shape index (κ3) is 9.14. The van der Waals surface area contributed by atoms with Gasteiger partial charge < -0.3 is 4.74 Å². The van der Waals surface area contributed by atoms with Gasteiger partial charge in [-0.25, -0.2) is 0 Å². The van der Waals surface area contributed by atoms with Crippen LogP contribution in [0.1, 0.15) is 79.1 Å². The van der Waals surface area contributed by atoms with E-state index in [1.807, 2.05) is 12.2 Å². The van der Waals surface area contributed by atoms with Crippen LogP contribution in [0, 0.1) is 11.8 Å². The molecule has 0 heterocycles. The van der Waals surface area contributed by atoms with Crippen LogP contribution < -0.4 is 0 Å². The van der Waals surface area contributed by atoms with Crippen molar-refractivity contribution in [2.24, 2.45) is 11.8 Å². The van der Waals surface area contributed by atoms with E-state index in [4.69, 9.17) is 4.74 Å². The molecule has 1 heteroatoms. The molecular formula is C20H38O. The largest absolute Gasteiger partial charge is 0.374 e. The first-order chi connectivity index (χ1) is 10.1. The van der Waals surface area contributed by atoms with Crippen molar-refractivity contribution >= 4 is 0 Å². The maximum absolute atomic E-state index is 6.51. The van der Waals surface area contributed by atoms with Gasteiger partial charge in [0.1, 0.15) is 0 Å². The van der Waals surface area contributed by atoms with Gasteiger partial charge >= 0.3 is 0 Å². The molecule has 0 N–H and O–H groups in total. The van der Waals surface area contributed by atoms with E-state index in [0.29, 0.717) is 24.0 Å².